The number of carbonyl (C=O) groups is 1. The second kappa shape index (κ2) is 7.23. The molecule has 3 atom stereocenters. The lowest BCUT2D eigenvalue weighted by Crippen LogP contribution is -2.32. The van der Waals surface area contributed by atoms with Gasteiger partial charge in [0.05, 0.1) is 6.10 Å². The molecule has 7 heteroatoms. The number of carbonyl (C=O) groups excluding carboxylic acids is 1. The molecule has 1 heterocycles. The number of rotatable bonds is 5. The first-order valence-electron chi connectivity index (χ1n) is 8.57. The molecule has 1 aromatic heterocycles. The molecular weight excluding hydrogens is 318 g/mol. The van der Waals surface area contributed by atoms with Crippen molar-refractivity contribution in [3.8, 4) is 0 Å². The van der Waals surface area contributed by atoms with Gasteiger partial charge in [-0.25, -0.2) is 0 Å². The standard InChI is InChI=1S/C18H25N5O2/c1-11-6-4-5-7-14(11)17(25)19-10-13-8-12(9-15(13)24)16-20-18(22-21-16)23(2)3/h4-7,12-13,15,24H,8-10H2,1-3H3,(H,19,25)(H,20,21,22)/t12-,13+,15+/m0/s1. The van der Waals surface area contributed by atoms with Crippen LogP contribution in [-0.4, -0.2) is 52.9 Å². The summed E-state index contributed by atoms with van der Waals surface area (Å²) in [5.74, 6) is 1.50. The van der Waals surface area contributed by atoms with E-state index in [9.17, 15) is 9.90 Å². The minimum absolute atomic E-state index is 0.0193. The van der Waals surface area contributed by atoms with Gasteiger partial charge in [0.25, 0.3) is 5.91 Å². The number of hydrogen-bond acceptors (Lipinski definition) is 5. The fourth-order valence-electron chi connectivity index (χ4n) is 3.34. The maximum atomic E-state index is 12.3. The number of aliphatic hydroxyl groups is 1. The molecule has 0 aliphatic heterocycles. The van der Waals surface area contributed by atoms with Crippen molar-refractivity contribution >= 4 is 11.9 Å². The monoisotopic (exact) mass is 343 g/mol. The zero-order valence-corrected chi connectivity index (χ0v) is 14.9. The van der Waals surface area contributed by atoms with E-state index in [0.717, 1.165) is 17.8 Å². The van der Waals surface area contributed by atoms with Crippen molar-refractivity contribution in [3.05, 3.63) is 41.2 Å². The van der Waals surface area contributed by atoms with E-state index in [2.05, 4.69) is 20.5 Å². The van der Waals surface area contributed by atoms with Crippen molar-refractivity contribution in [3.63, 3.8) is 0 Å². The van der Waals surface area contributed by atoms with Gasteiger partial charge in [-0.1, -0.05) is 18.2 Å². The number of nitrogens with zero attached hydrogens (tertiary/aromatic N) is 3. The fourth-order valence-corrected chi connectivity index (χ4v) is 3.34. The lowest BCUT2D eigenvalue weighted by molar-refractivity contribution is 0.0916. The molecule has 0 spiro atoms. The summed E-state index contributed by atoms with van der Waals surface area (Å²) in [4.78, 5) is 18.6. The molecule has 1 amide bonds. The Morgan fingerprint density at radius 3 is 2.80 bits per heavy atom. The predicted molar refractivity (Wildman–Crippen MR) is 95.7 cm³/mol. The number of aliphatic hydroxyl groups excluding tert-OH is 1. The highest BCUT2D eigenvalue weighted by Crippen LogP contribution is 2.37. The second-order valence-corrected chi connectivity index (χ2v) is 6.94. The van der Waals surface area contributed by atoms with Crippen molar-refractivity contribution in [2.24, 2.45) is 5.92 Å². The van der Waals surface area contributed by atoms with E-state index < -0.39 is 6.10 Å². The third-order valence-electron chi connectivity index (χ3n) is 4.85. The van der Waals surface area contributed by atoms with Crippen molar-refractivity contribution < 1.29 is 9.90 Å². The Morgan fingerprint density at radius 2 is 2.12 bits per heavy atom. The van der Waals surface area contributed by atoms with Crippen LogP contribution in [0.2, 0.25) is 0 Å². The van der Waals surface area contributed by atoms with Crippen LogP contribution in [-0.2, 0) is 0 Å². The summed E-state index contributed by atoms with van der Waals surface area (Å²) >= 11 is 0. The lowest BCUT2D eigenvalue weighted by Gasteiger charge is -2.15. The third kappa shape index (κ3) is 3.82. The van der Waals surface area contributed by atoms with Gasteiger partial charge in [-0.05, 0) is 31.4 Å². The van der Waals surface area contributed by atoms with Crippen LogP contribution in [0.5, 0.6) is 0 Å². The Bertz CT molecular complexity index is 743. The van der Waals surface area contributed by atoms with E-state index in [-0.39, 0.29) is 17.7 Å². The van der Waals surface area contributed by atoms with Gasteiger partial charge >= 0.3 is 0 Å². The number of amides is 1. The molecule has 3 N–H and O–H groups in total. The van der Waals surface area contributed by atoms with Crippen LogP contribution in [0, 0.1) is 12.8 Å². The number of aryl methyl sites for hydroxylation is 1. The molecule has 25 heavy (non-hydrogen) atoms. The average Bonchev–Trinajstić information content (AvgIpc) is 3.20. The fraction of sp³-hybridized carbons (Fsp3) is 0.500. The number of nitrogens with one attached hydrogen (secondary N) is 2. The van der Waals surface area contributed by atoms with E-state index in [1.807, 2.05) is 50.2 Å². The van der Waals surface area contributed by atoms with Gasteiger partial charge < -0.3 is 15.3 Å². The highest BCUT2D eigenvalue weighted by molar-refractivity contribution is 5.95. The highest BCUT2D eigenvalue weighted by Gasteiger charge is 2.35. The van der Waals surface area contributed by atoms with Crippen LogP contribution in [0.4, 0.5) is 5.95 Å². The largest absolute Gasteiger partial charge is 0.393 e. The average molecular weight is 343 g/mol. The number of aromatic nitrogens is 3. The van der Waals surface area contributed by atoms with Crippen LogP contribution in [0.1, 0.15) is 40.5 Å². The number of benzene rings is 1. The number of aromatic amines is 1. The van der Waals surface area contributed by atoms with E-state index in [1.165, 1.54) is 0 Å². The maximum Gasteiger partial charge on any atom is 0.251 e. The van der Waals surface area contributed by atoms with E-state index in [1.54, 1.807) is 0 Å². The summed E-state index contributed by atoms with van der Waals surface area (Å²) in [6, 6.07) is 7.50. The number of hydrogen-bond donors (Lipinski definition) is 3. The molecule has 1 saturated carbocycles. The number of H-pyrrole nitrogens is 1. The van der Waals surface area contributed by atoms with Crippen molar-refractivity contribution in [2.45, 2.75) is 31.8 Å². The summed E-state index contributed by atoms with van der Waals surface area (Å²) < 4.78 is 0. The molecular formula is C18H25N5O2. The van der Waals surface area contributed by atoms with Gasteiger partial charge in [-0.3, -0.25) is 9.89 Å². The minimum Gasteiger partial charge on any atom is -0.393 e. The topological polar surface area (TPSA) is 94.1 Å². The quantitative estimate of drug-likeness (QED) is 0.764. The molecule has 1 fully saturated rings. The summed E-state index contributed by atoms with van der Waals surface area (Å²) in [7, 11) is 3.78. The Balaban J connectivity index is 1.58. The summed E-state index contributed by atoms with van der Waals surface area (Å²) in [5.41, 5.74) is 1.63. The van der Waals surface area contributed by atoms with E-state index in [0.29, 0.717) is 24.5 Å². The Labute approximate surface area is 147 Å². The zero-order chi connectivity index (χ0) is 18.0. The molecule has 0 bridgehead atoms. The Hall–Kier alpha value is -2.41. The molecule has 7 nitrogen and oxygen atoms in total. The smallest absolute Gasteiger partial charge is 0.251 e. The van der Waals surface area contributed by atoms with E-state index >= 15 is 0 Å². The molecule has 2 aromatic rings. The Morgan fingerprint density at radius 1 is 1.36 bits per heavy atom. The highest BCUT2D eigenvalue weighted by atomic mass is 16.3. The maximum absolute atomic E-state index is 12.3. The van der Waals surface area contributed by atoms with Crippen LogP contribution >= 0.6 is 0 Å². The molecule has 0 unspecified atom stereocenters. The molecule has 134 valence electrons. The third-order valence-corrected chi connectivity index (χ3v) is 4.85. The van der Waals surface area contributed by atoms with Gasteiger partial charge in [-0.15, -0.1) is 5.10 Å². The SMILES string of the molecule is Cc1ccccc1C(=O)NC[C@H]1C[C@H](c2nc(N(C)C)n[nH]2)C[C@H]1O. The van der Waals surface area contributed by atoms with Crippen LogP contribution in [0.15, 0.2) is 24.3 Å². The number of anilines is 1. The van der Waals surface area contributed by atoms with Crippen molar-refractivity contribution in [2.75, 3.05) is 25.5 Å². The molecule has 1 aromatic carbocycles. The summed E-state index contributed by atoms with van der Waals surface area (Å²) in [6.07, 6.45) is 0.958. The van der Waals surface area contributed by atoms with Crippen LogP contribution < -0.4 is 10.2 Å². The van der Waals surface area contributed by atoms with Gasteiger partial charge in [0.2, 0.25) is 5.95 Å². The first-order chi connectivity index (χ1) is 12.0. The van der Waals surface area contributed by atoms with Crippen LogP contribution in [0.25, 0.3) is 0 Å². The van der Waals surface area contributed by atoms with Gasteiger partial charge in [0.15, 0.2) is 0 Å². The van der Waals surface area contributed by atoms with Crippen LogP contribution in [0.3, 0.4) is 0 Å². The molecule has 1 aliphatic carbocycles. The van der Waals surface area contributed by atoms with E-state index in [4.69, 9.17) is 0 Å². The van der Waals surface area contributed by atoms with Crippen molar-refractivity contribution in [1.82, 2.24) is 20.5 Å². The zero-order valence-electron chi connectivity index (χ0n) is 14.9. The normalized spacial score (nSPS) is 22.8. The predicted octanol–water partition coefficient (Wildman–Crippen LogP) is 1.46. The first-order valence-corrected chi connectivity index (χ1v) is 8.57. The molecule has 3 rings (SSSR count). The molecule has 0 saturated heterocycles. The van der Waals surface area contributed by atoms with Gasteiger partial charge in [0.1, 0.15) is 5.82 Å². The molecule has 0 radical (unpaired) electrons. The lowest BCUT2D eigenvalue weighted by atomic mass is 10.0. The van der Waals surface area contributed by atoms with Gasteiger partial charge in [-0.2, -0.15) is 4.98 Å². The Kier molecular flexibility index (Phi) is 5.03. The summed E-state index contributed by atoms with van der Waals surface area (Å²) in [5, 5.41) is 20.4. The minimum atomic E-state index is -0.449. The second-order valence-electron chi connectivity index (χ2n) is 6.94. The summed E-state index contributed by atoms with van der Waals surface area (Å²) in [6.45, 7) is 2.38. The molecule has 1 aliphatic rings. The van der Waals surface area contributed by atoms with Gasteiger partial charge in [0, 0.05) is 38.0 Å². The van der Waals surface area contributed by atoms with Crippen molar-refractivity contribution in [1.29, 1.82) is 0 Å². The first kappa shape index (κ1) is 17.4.